The molecule has 3 aromatic carbocycles. The zero-order valence-corrected chi connectivity index (χ0v) is 43.9. The highest BCUT2D eigenvalue weighted by Crippen LogP contribution is 2.27. The van der Waals surface area contributed by atoms with Crippen molar-refractivity contribution < 1.29 is 66.1 Å². The maximum absolute atomic E-state index is 13.8. The zero-order chi connectivity index (χ0) is 52.0. The van der Waals surface area contributed by atoms with Crippen LogP contribution in [0.15, 0.2) is 89.8 Å². The van der Waals surface area contributed by atoms with Crippen molar-refractivity contribution in [2.45, 2.75) is 145 Å². The highest BCUT2D eigenvalue weighted by atomic mass is 32.2. The van der Waals surface area contributed by atoms with Crippen LogP contribution in [-0.4, -0.2) is 156 Å². The van der Waals surface area contributed by atoms with E-state index in [1.165, 1.54) is 23.5 Å². The lowest BCUT2D eigenvalue weighted by molar-refractivity contribution is -0.147. The molecule has 18 nitrogen and oxygen atoms in total. The Balaban J connectivity index is 0.000000283. The first-order valence-electron chi connectivity index (χ1n) is 25.2. The van der Waals surface area contributed by atoms with Gasteiger partial charge in [-0.05, 0) is 115 Å². The van der Waals surface area contributed by atoms with Crippen LogP contribution in [0.4, 0.5) is 9.59 Å². The summed E-state index contributed by atoms with van der Waals surface area (Å²) in [6.45, 7) is 13.6. The number of amides is 2. The molecule has 3 fully saturated rings. The van der Waals surface area contributed by atoms with Gasteiger partial charge in [-0.3, -0.25) is 0 Å². The number of aliphatic hydroxyl groups excluding tert-OH is 2. The molecule has 3 aromatic rings. The van der Waals surface area contributed by atoms with E-state index in [1.807, 2.05) is 95.3 Å². The molecule has 0 aromatic heterocycles. The van der Waals surface area contributed by atoms with Crippen LogP contribution >= 0.6 is 0 Å². The van der Waals surface area contributed by atoms with Crippen LogP contribution in [0.25, 0.3) is 0 Å². The van der Waals surface area contributed by atoms with Gasteiger partial charge in [-0.25, -0.2) is 18.0 Å². The molecule has 0 aliphatic carbocycles. The van der Waals surface area contributed by atoms with Gasteiger partial charge in [0, 0.05) is 38.9 Å². The lowest BCUT2D eigenvalue weighted by Gasteiger charge is -2.30. The van der Waals surface area contributed by atoms with E-state index in [1.54, 1.807) is 12.1 Å². The molecule has 3 aliphatic heterocycles. The van der Waals surface area contributed by atoms with Gasteiger partial charge in [-0.2, -0.15) is 4.31 Å². The molecule has 0 spiro atoms. The Hall–Kier alpha value is -4.41. The Morgan fingerprint density at radius 3 is 1.78 bits per heavy atom. The fraction of sp³-hybridized carbons (Fsp3) is 0.623. The Kier molecular flexibility index (Phi) is 23.5. The number of aliphatic hydroxyl groups is 2. The van der Waals surface area contributed by atoms with E-state index in [9.17, 15) is 28.2 Å². The molecule has 0 radical (unpaired) electrons. The molecule has 5 atom stereocenters. The number of ether oxygens (including phenoxy) is 8. The number of rotatable bonds is 26. The van der Waals surface area contributed by atoms with Gasteiger partial charge in [-0.15, -0.1) is 0 Å². The number of methoxy groups -OCH3 is 1. The van der Waals surface area contributed by atoms with Gasteiger partial charge in [0.2, 0.25) is 10.0 Å². The summed E-state index contributed by atoms with van der Waals surface area (Å²) in [5.74, 6) is -0.588. The van der Waals surface area contributed by atoms with Crippen molar-refractivity contribution in [3.63, 3.8) is 0 Å². The number of carbonyl (C=O) groups excluding carboxylic acids is 2. The van der Waals surface area contributed by atoms with Crippen molar-refractivity contribution in [1.29, 1.82) is 0 Å². The first kappa shape index (κ1) is 58.5. The highest BCUT2D eigenvalue weighted by Gasteiger charge is 2.34. The minimum Gasteiger partial charge on any atom is -0.497 e. The average Bonchev–Trinajstić information content (AvgIpc) is 4.14. The Bertz CT molecular complexity index is 2130. The van der Waals surface area contributed by atoms with Crippen LogP contribution in [0.3, 0.4) is 0 Å². The second-order valence-electron chi connectivity index (χ2n) is 19.7. The van der Waals surface area contributed by atoms with Crippen molar-refractivity contribution in [3.8, 4) is 5.75 Å². The molecule has 5 N–H and O–H groups in total. The molecular weight excluding hydrogens is 949 g/mol. The predicted molar refractivity (Wildman–Crippen MR) is 271 cm³/mol. The van der Waals surface area contributed by atoms with Gasteiger partial charge in [-0.1, -0.05) is 60.7 Å². The van der Waals surface area contributed by atoms with E-state index in [4.69, 9.17) is 37.9 Å². The molecule has 3 aliphatic rings. The zero-order valence-electron chi connectivity index (χ0n) is 43.1. The quantitative estimate of drug-likeness (QED) is 0.0573. The van der Waals surface area contributed by atoms with Crippen molar-refractivity contribution in [2.24, 2.45) is 0 Å². The SMILES string of the molecule is CC(C)(C)OC(=O)N[C@@H](Cc1ccccc1)C(O)CNCCCCC1(C)OCCO1.COc1ccc(S(=O)(=O)N(CCCCC2(C)OCCO2)CC(O)[C@H](Cc2ccccc2)NC(=O)OC2CCOC2)cc1. The van der Waals surface area contributed by atoms with E-state index >= 15 is 0 Å². The molecular formula is C53H80N4O14S. The second kappa shape index (κ2) is 28.9. The fourth-order valence-corrected chi connectivity index (χ4v) is 9.97. The molecule has 0 bridgehead atoms. The Morgan fingerprint density at radius 1 is 0.736 bits per heavy atom. The summed E-state index contributed by atoms with van der Waals surface area (Å²) in [6, 6.07) is 24.1. The van der Waals surface area contributed by atoms with Gasteiger partial charge in [0.25, 0.3) is 0 Å². The lowest BCUT2D eigenvalue weighted by atomic mass is 10.0. The van der Waals surface area contributed by atoms with Crippen molar-refractivity contribution >= 4 is 22.2 Å². The number of benzene rings is 3. The van der Waals surface area contributed by atoms with Gasteiger partial charge < -0.3 is 64.1 Å². The normalized spacial score (nSPS) is 19.1. The number of carbonyl (C=O) groups is 2. The van der Waals surface area contributed by atoms with Crippen LogP contribution in [0.1, 0.15) is 90.7 Å². The van der Waals surface area contributed by atoms with E-state index in [0.717, 1.165) is 36.9 Å². The second-order valence-corrected chi connectivity index (χ2v) is 21.7. The fourth-order valence-electron chi connectivity index (χ4n) is 8.47. The third-order valence-electron chi connectivity index (χ3n) is 12.5. The van der Waals surface area contributed by atoms with Gasteiger partial charge in [0.1, 0.15) is 17.5 Å². The number of hydrogen-bond acceptors (Lipinski definition) is 15. The van der Waals surface area contributed by atoms with Crippen LogP contribution in [0.5, 0.6) is 5.75 Å². The Labute approximate surface area is 426 Å². The highest BCUT2D eigenvalue weighted by molar-refractivity contribution is 7.89. The van der Waals surface area contributed by atoms with E-state index < -0.39 is 63.7 Å². The Morgan fingerprint density at radius 2 is 1.26 bits per heavy atom. The molecule has 2 amide bonds. The summed E-state index contributed by atoms with van der Waals surface area (Å²) in [7, 11) is -2.49. The third kappa shape index (κ3) is 20.5. The van der Waals surface area contributed by atoms with Crippen molar-refractivity contribution in [1.82, 2.24) is 20.3 Å². The number of hydrogen-bond donors (Lipinski definition) is 5. The largest absolute Gasteiger partial charge is 0.497 e. The molecule has 402 valence electrons. The number of nitrogens with one attached hydrogen (secondary N) is 3. The third-order valence-corrected chi connectivity index (χ3v) is 14.3. The summed E-state index contributed by atoms with van der Waals surface area (Å²) >= 11 is 0. The summed E-state index contributed by atoms with van der Waals surface area (Å²) in [6.07, 6.45) is 2.44. The number of nitrogens with zero attached hydrogens (tertiary/aromatic N) is 1. The molecule has 0 saturated carbocycles. The first-order chi connectivity index (χ1) is 34.3. The molecule has 19 heteroatoms. The van der Waals surface area contributed by atoms with E-state index in [0.29, 0.717) is 84.0 Å². The maximum Gasteiger partial charge on any atom is 0.407 e. The van der Waals surface area contributed by atoms with Gasteiger partial charge in [0.05, 0.1) is 75.9 Å². The van der Waals surface area contributed by atoms with E-state index in [-0.39, 0.29) is 30.5 Å². The standard InChI is InChI=1S/C30H42N2O9S.C23H38N2O5/c1-30(39-18-19-40-30)15-6-7-16-32(42(35,36)26-12-10-24(37-2)11-13-26)21-28(33)27(20-23-8-4-3-5-9-23)31-29(34)41-25-14-17-38-22-25;1-22(2,3)30-21(27)25-19(16-18-10-6-5-7-11-18)20(26)17-24-13-9-8-12-23(4)28-14-15-29-23/h3-5,8-13,25,27-28,33H,6-7,14-22H2,1-2H3,(H,31,34);5-7,10-11,19-20,24,26H,8-9,12-17H2,1-4H3,(H,25,27)/t25?,27-,28?;19-,20?/m00/s1. The minimum absolute atomic E-state index is 0.0816. The number of alkyl carbamates (subject to hydrolysis) is 2. The van der Waals surface area contributed by atoms with Crippen LogP contribution in [-0.2, 0) is 56.0 Å². The van der Waals surface area contributed by atoms with Crippen molar-refractivity contribution in [3.05, 3.63) is 96.1 Å². The summed E-state index contributed by atoms with van der Waals surface area (Å²) in [5, 5.41) is 31.1. The monoisotopic (exact) mass is 1030 g/mol. The van der Waals surface area contributed by atoms with Crippen molar-refractivity contribution in [2.75, 3.05) is 72.9 Å². The molecule has 6 rings (SSSR count). The average molecular weight is 1030 g/mol. The number of unbranched alkanes of at least 4 members (excludes halogenated alkanes) is 2. The van der Waals surface area contributed by atoms with Gasteiger partial charge in [0.15, 0.2) is 11.6 Å². The summed E-state index contributed by atoms with van der Waals surface area (Å²) in [5.41, 5.74) is 1.33. The topological polar surface area (TPSA) is 222 Å². The van der Waals surface area contributed by atoms with Gasteiger partial charge >= 0.3 is 12.2 Å². The number of sulfonamides is 1. The minimum atomic E-state index is -3.99. The van der Waals surface area contributed by atoms with Crippen LogP contribution in [0, 0.1) is 0 Å². The molecule has 72 heavy (non-hydrogen) atoms. The first-order valence-corrected chi connectivity index (χ1v) is 26.7. The van der Waals surface area contributed by atoms with E-state index in [2.05, 4.69) is 16.0 Å². The van der Waals surface area contributed by atoms with Crippen LogP contribution < -0.4 is 20.7 Å². The van der Waals surface area contributed by atoms with Crippen LogP contribution in [0.2, 0.25) is 0 Å². The lowest BCUT2D eigenvalue weighted by Crippen LogP contribution is -2.51. The smallest absolute Gasteiger partial charge is 0.407 e. The summed E-state index contributed by atoms with van der Waals surface area (Å²) in [4.78, 5) is 25.1. The molecule has 3 heterocycles. The molecule has 3 unspecified atom stereocenters. The molecule has 3 saturated heterocycles. The predicted octanol–water partition coefficient (Wildman–Crippen LogP) is 6.11. The summed E-state index contributed by atoms with van der Waals surface area (Å²) < 4.78 is 72.8. The maximum atomic E-state index is 13.8.